The van der Waals surface area contributed by atoms with E-state index in [1.807, 2.05) is 0 Å². The summed E-state index contributed by atoms with van der Waals surface area (Å²) in [6, 6.07) is 12.6. The zero-order valence-corrected chi connectivity index (χ0v) is 21.4. The summed E-state index contributed by atoms with van der Waals surface area (Å²) in [4.78, 5) is 13.0. The minimum absolute atomic E-state index is 0.0246. The highest BCUT2D eigenvalue weighted by Crippen LogP contribution is 2.32. The van der Waals surface area contributed by atoms with Crippen LogP contribution in [-0.2, 0) is 21.4 Å². The molecule has 1 amide bonds. The van der Waals surface area contributed by atoms with E-state index in [2.05, 4.69) is 5.32 Å². The monoisotopic (exact) mass is 540 g/mol. The number of nitrogens with one attached hydrogen (secondary N) is 1. The van der Waals surface area contributed by atoms with Gasteiger partial charge in [-0.1, -0.05) is 29.3 Å². The number of halogens is 3. The molecule has 35 heavy (non-hydrogen) atoms. The number of carbonyl (C=O) groups is 1. The lowest BCUT2D eigenvalue weighted by Gasteiger charge is -2.30. The van der Waals surface area contributed by atoms with Crippen LogP contribution in [0.15, 0.2) is 65.6 Å². The molecule has 0 saturated heterocycles. The van der Waals surface area contributed by atoms with Crippen LogP contribution in [0.1, 0.15) is 12.5 Å². The maximum Gasteiger partial charge on any atom is 0.265 e. The van der Waals surface area contributed by atoms with Gasteiger partial charge in [0.25, 0.3) is 10.0 Å². The van der Waals surface area contributed by atoms with E-state index < -0.39 is 27.8 Å². The molecule has 0 aliphatic carbocycles. The quantitative estimate of drug-likeness (QED) is 0.410. The van der Waals surface area contributed by atoms with Crippen LogP contribution in [-0.4, -0.2) is 34.6 Å². The number of sulfonamides is 1. The zero-order chi connectivity index (χ0) is 25.8. The Morgan fingerprint density at radius 1 is 1.00 bits per heavy atom. The van der Waals surface area contributed by atoms with Gasteiger partial charge in [-0.3, -0.25) is 9.10 Å². The average molecular weight is 541 g/mol. The van der Waals surface area contributed by atoms with Gasteiger partial charge in [-0.05, 0) is 61.5 Å². The molecule has 0 radical (unpaired) electrons. The van der Waals surface area contributed by atoms with Crippen LogP contribution in [0, 0.1) is 5.82 Å². The lowest BCUT2D eigenvalue weighted by atomic mass is 10.1. The molecular weight excluding hydrogens is 518 g/mol. The molecular formula is C24H23Cl2FN2O5S. The first-order valence-corrected chi connectivity index (χ1v) is 12.5. The maximum absolute atomic E-state index is 14.9. The predicted molar refractivity (Wildman–Crippen MR) is 133 cm³/mol. The van der Waals surface area contributed by atoms with Crippen molar-refractivity contribution in [2.24, 2.45) is 0 Å². The number of benzene rings is 3. The van der Waals surface area contributed by atoms with Crippen molar-refractivity contribution >= 4 is 44.8 Å². The van der Waals surface area contributed by atoms with E-state index in [1.165, 1.54) is 51.5 Å². The van der Waals surface area contributed by atoms with Crippen molar-refractivity contribution in [3.63, 3.8) is 0 Å². The van der Waals surface area contributed by atoms with Gasteiger partial charge in [0.15, 0.2) is 0 Å². The molecule has 3 aromatic carbocycles. The third kappa shape index (κ3) is 5.80. The van der Waals surface area contributed by atoms with Gasteiger partial charge < -0.3 is 14.8 Å². The Labute approximate surface area is 213 Å². The Morgan fingerprint density at radius 2 is 1.57 bits per heavy atom. The summed E-state index contributed by atoms with van der Waals surface area (Å²) in [6.07, 6.45) is 0. The Morgan fingerprint density at radius 3 is 2.14 bits per heavy atom. The molecule has 3 rings (SSSR count). The first-order valence-electron chi connectivity index (χ1n) is 10.3. The molecule has 1 atom stereocenters. The minimum atomic E-state index is -4.40. The summed E-state index contributed by atoms with van der Waals surface area (Å²) in [7, 11) is -1.44. The number of rotatable bonds is 9. The predicted octanol–water partition coefficient (Wildman–Crippen LogP) is 5.05. The molecule has 0 spiro atoms. The van der Waals surface area contributed by atoms with Crippen molar-refractivity contribution in [3.8, 4) is 11.5 Å². The molecule has 186 valence electrons. The lowest BCUT2D eigenvalue weighted by Crippen LogP contribution is -2.48. The van der Waals surface area contributed by atoms with Gasteiger partial charge in [-0.25, -0.2) is 12.8 Å². The fourth-order valence-corrected chi connectivity index (χ4v) is 5.36. The second-order valence-electron chi connectivity index (χ2n) is 7.39. The van der Waals surface area contributed by atoms with Crippen molar-refractivity contribution in [2.75, 3.05) is 18.5 Å². The van der Waals surface area contributed by atoms with Gasteiger partial charge in [0.2, 0.25) is 5.91 Å². The highest BCUT2D eigenvalue weighted by molar-refractivity contribution is 7.93. The van der Waals surface area contributed by atoms with Crippen molar-refractivity contribution < 1.29 is 27.1 Å². The molecule has 3 aromatic rings. The molecule has 0 aromatic heterocycles. The third-order valence-corrected chi connectivity index (χ3v) is 7.60. The first kappa shape index (κ1) is 26.6. The number of anilines is 1. The topological polar surface area (TPSA) is 84.9 Å². The fraction of sp³-hybridized carbons (Fsp3) is 0.208. The number of ether oxygens (including phenoxy) is 2. The van der Waals surface area contributed by atoms with Gasteiger partial charge >= 0.3 is 0 Å². The molecule has 1 N–H and O–H groups in total. The van der Waals surface area contributed by atoms with Gasteiger partial charge in [-0.2, -0.15) is 0 Å². The highest BCUT2D eigenvalue weighted by Gasteiger charge is 2.35. The van der Waals surface area contributed by atoms with Gasteiger partial charge in [0.05, 0.1) is 36.9 Å². The molecule has 7 nitrogen and oxygen atoms in total. The van der Waals surface area contributed by atoms with E-state index in [-0.39, 0.29) is 22.2 Å². The molecule has 0 heterocycles. The van der Waals surface area contributed by atoms with Crippen LogP contribution >= 0.6 is 23.2 Å². The third-order valence-electron chi connectivity index (χ3n) is 5.22. The first-order chi connectivity index (χ1) is 16.6. The van der Waals surface area contributed by atoms with Gasteiger partial charge in [0, 0.05) is 10.0 Å². The van der Waals surface area contributed by atoms with Crippen LogP contribution < -0.4 is 19.1 Å². The van der Waals surface area contributed by atoms with E-state index >= 15 is 0 Å². The van der Waals surface area contributed by atoms with Crippen LogP contribution in [0.3, 0.4) is 0 Å². The highest BCUT2D eigenvalue weighted by atomic mass is 35.5. The largest absolute Gasteiger partial charge is 0.496 e. The van der Waals surface area contributed by atoms with Crippen molar-refractivity contribution in [2.45, 2.75) is 24.4 Å². The standard InChI is InChI=1S/C24H23Cl2FN2O5S/c1-15(24(30)28-14-19-22(33-2)5-4-6-23(19)34-3)29(21-13-17(26)9-12-20(21)27)35(31,32)18-10-7-16(25)8-11-18/h4-13,15H,14H2,1-3H3,(H,28,30). The van der Waals surface area contributed by atoms with Gasteiger partial charge in [0.1, 0.15) is 23.4 Å². The minimum Gasteiger partial charge on any atom is -0.496 e. The Bertz CT molecular complexity index is 1300. The Kier molecular flexibility index (Phi) is 8.47. The number of methoxy groups -OCH3 is 2. The number of hydrogen-bond acceptors (Lipinski definition) is 5. The van der Waals surface area contributed by atoms with Crippen LogP contribution in [0.4, 0.5) is 10.1 Å². The summed E-state index contributed by atoms with van der Waals surface area (Å²) in [6.45, 7) is 1.33. The normalized spacial score (nSPS) is 12.1. The SMILES string of the molecule is COc1cccc(OC)c1CNC(=O)C(C)N(c1cc(Cl)ccc1F)S(=O)(=O)c1ccc(Cl)cc1. The summed E-state index contributed by atoms with van der Waals surface area (Å²) >= 11 is 11.9. The number of hydrogen-bond donors (Lipinski definition) is 1. The van der Waals surface area contributed by atoms with E-state index in [4.69, 9.17) is 32.7 Å². The van der Waals surface area contributed by atoms with E-state index in [0.29, 0.717) is 26.4 Å². The lowest BCUT2D eigenvalue weighted by molar-refractivity contribution is -0.122. The van der Waals surface area contributed by atoms with Crippen LogP contribution in [0.25, 0.3) is 0 Å². The molecule has 11 heteroatoms. The maximum atomic E-state index is 14.9. The van der Waals surface area contributed by atoms with Crippen LogP contribution in [0.2, 0.25) is 10.0 Å². The van der Waals surface area contributed by atoms with Crippen molar-refractivity contribution in [1.82, 2.24) is 5.32 Å². The second-order valence-corrected chi connectivity index (χ2v) is 10.1. The summed E-state index contributed by atoms with van der Waals surface area (Å²) < 4.78 is 53.4. The molecule has 1 unspecified atom stereocenters. The summed E-state index contributed by atoms with van der Waals surface area (Å²) in [5, 5.41) is 3.10. The van der Waals surface area contributed by atoms with E-state index in [0.717, 1.165) is 12.1 Å². The Balaban J connectivity index is 2.00. The number of carbonyl (C=O) groups excluding carboxylic acids is 1. The molecule has 0 aliphatic rings. The molecule has 0 aliphatic heterocycles. The second kappa shape index (κ2) is 11.2. The molecule has 0 bridgehead atoms. The van der Waals surface area contributed by atoms with Gasteiger partial charge in [-0.15, -0.1) is 0 Å². The van der Waals surface area contributed by atoms with Crippen molar-refractivity contribution in [3.05, 3.63) is 82.1 Å². The van der Waals surface area contributed by atoms with E-state index in [1.54, 1.807) is 18.2 Å². The fourth-order valence-electron chi connectivity index (χ4n) is 3.45. The van der Waals surface area contributed by atoms with Crippen LogP contribution in [0.5, 0.6) is 11.5 Å². The average Bonchev–Trinajstić information content (AvgIpc) is 2.84. The smallest absolute Gasteiger partial charge is 0.265 e. The summed E-state index contributed by atoms with van der Waals surface area (Å²) in [5.74, 6) is -0.597. The van der Waals surface area contributed by atoms with E-state index in [9.17, 15) is 17.6 Å². The molecule has 0 fully saturated rings. The summed E-state index contributed by atoms with van der Waals surface area (Å²) in [5.41, 5.74) is 0.184. The zero-order valence-electron chi connectivity index (χ0n) is 19.1. The Hall–Kier alpha value is -3.01. The van der Waals surface area contributed by atoms with Crippen molar-refractivity contribution in [1.29, 1.82) is 0 Å². The number of amides is 1. The number of nitrogens with zero attached hydrogens (tertiary/aromatic N) is 1. The molecule has 0 saturated carbocycles.